The van der Waals surface area contributed by atoms with E-state index in [1.165, 1.54) is 0 Å². The second-order valence-electron chi connectivity index (χ2n) is 4.38. The minimum absolute atomic E-state index is 0.129. The predicted molar refractivity (Wildman–Crippen MR) is 59.4 cm³/mol. The number of rotatable bonds is 4. The number of carbonyl (C=O) groups excluding carboxylic acids is 1. The number of likely N-dealkylation sites (N-methyl/N-ethyl adjacent to an activating group) is 1. The van der Waals surface area contributed by atoms with Crippen LogP contribution in [0.1, 0.15) is 20.3 Å². The average molecular weight is 214 g/mol. The molecule has 0 aromatic heterocycles. The maximum atomic E-state index is 12.1. The lowest BCUT2D eigenvalue weighted by Crippen LogP contribution is -2.40. The molecular formula is C11H22N2O2. The molecule has 4 heteroatoms. The van der Waals surface area contributed by atoms with Crippen molar-refractivity contribution in [2.24, 2.45) is 11.8 Å². The lowest BCUT2D eigenvalue weighted by molar-refractivity contribution is -0.138. The van der Waals surface area contributed by atoms with Gasteiger partial charge in [0.05, 0.1) is 0 Å². The summed E-state index contributed by atoms with van der Waals surface area (Å²) in [7, 11) is 1.89. The molecule has 0 aliphatic carbocycles. The lowest BCUT2D eigenvalue weighted by Gasteiger charge is -2.25. The first-order valence-corrected chi connectivity index (χ1v) is 5.68. The maximum Gasteiger partial charge on any atom is 0.227 e. The predicted octanol–water partition coefficient (Wildman–Crippen LogP) is 0.684. The van der Waals surface area contributed by atoms with Crippen LogP contribution in [0.15, 0.2) is 0 Å². The van der Waals surface area contributed by atoms with Crippen LogP contribution in [0.25, 0.3) is 0 Å². The van der Waals surface area contributed by atoms with Crippen molar-refractivity contribution < 1.29 is 9.53 Å². The molecule has 1 saturated heterocycles. The molecule has 1 atom stereocenters. The third-order valence-electron chi connectivity index (χ3n) is 2.89. The molecule has 0 aromatic carbocycles. The molecule has 1 aliphatic heterocycles. The van der Waals surface area contributed by atoms with E-state index < -0.39 is 0 Å². The number of ether oxygens (including phenoxy) is 1. The summed E-state index contributed by atoms with van der Waals surface area (Å²) in [6.07, 6.45) is 0.854. The van der Waals surface area contributed by atoms with Crippen molar-refractivity contribution >= 4 is 5.91 Å². The van der Waals surface area contributed by atoms with Gasteiger partial charge < -0.3 is 15.0 Å². The Kier molecular flexibility index (Phi) is 5.05. The van der Waals surface area contributed by atoms with Crippen LogP contribution in [0.3, 0.4) is 0 Å². The summed E-state index contributed by atoms with van der Waals surface area (Å²) in [6.45, 7) is 6.90. The molecule has 88 valence electrons. The van der Waals surface area contributed by atoms with Gasteiger partial charge in [0, 0.05) is 25.6 Å². The fourth-order valence-electron chi connectivity index (χ4n) is 1.85. The molecule has 1 fully saturated rings. The van der Waals surface area contributed by atoms with E-state index in [1.807, 2.05) is 11.9 Å². The van der Waals surface area contributed by atoms with Crippen molar-refractivity contribution in [3.63, 3.8) is 0 Å². The van der Waals surface area contributed by atoms with E-state index in [9.17, 15) is 4.79 Å². The Morgan fingerprint density at radius 2 is 2.33 bits per heavy atom. The van der Waals surface area contributed by atoms with Gasteiger partial charge in [-0.05, 0) is 19.4 Å². The van der Waals surface area contributed by atoms with Gasteiger partial charge in [0.1, 0.15) is 6.73 Å². The largest absolute Gasteiger partial charge is 0.361 e. The summed E-state index contributed by atoms with van der Waals surface area (Å²) in [5.74, 6) is 0.776. The van der Waals surface area contributed by atoms with Crippen LogP contribution in [-0.4, -0.2) is 44.3 Å². The second-order valence-corrected chi connectivity index (χ2v) is 4.38. The number of hydrogen-bond donors (Lipinski definition) is 1. The Morgan fingerprint density at radius 3 is 2.93 bits per heavy atom. The van der Waals surface area contributed by atoms with Crippen molar-refractivity contribution in [1.29, 1.82) is 0 Å². The van der Waals surface area contributed by atoms with Gasteiger partial charge in [0.25, 0.3) is 0 Å². The van der Waals surface area contributed by atoms with E-state index in [0.717, 1.165) is 19.5 Å². The van der Waals surface area contributed by atoms with Crippen LogP contribution in [0.5, 0.6) is 0 Å². The van der Waals surface area contributed by atoms with E-state index in [4.69, 9.17) is 4.74 Å². The molecule has 0 bridgehead atoms. The van der Waals surface area contributed by atoms with Gasteiger partial charge >= 0.3 is 0 Å². The fourth-order valence-corrected chi connectivity index (χ4v) is 1.85. The molecule has 1 aliphatic rings. The molecular weight excluding hydrogens is 192 g/mol. The van der Waals surface area contributed by atoms with E-state index in [2.05, 4.69) is 19.2 Å². The molecule has 1 N–H and O–H groups in total. The second kappa shape index (κ2) is 6.08. The lowest BCUT2D eigenvalue weighted by atomic mass is 9.92. The van der Waals surface area contributed by atoms with Crippen LogP contribution in [0.4, 0.5) is 0 Å². The Balaban J connectivity index is 2.58. The minimum Gasteiger partial charge on any atom is -0.361 e. The monoisotopic (exact) mass is 214 g/mol. The van der Waals surface area contributed by atoms with Crippen LogP contribution >= 0.6 is 0 Å². The number of nitrogens with one attached hydrogen (secondary N) is 1. The number of hydrogen-bond acceptors (Lipinski definition) is 3. The standard InChI is InChI=1S/C11H22N2O2/c1-9(2)10-4-7-15-8-13(11(10)14)6-5-12-3/h9-10,12H,4-8H2,1-3H3. The van der Waals surface area contributed by atoms with Gasteiger partial charge in [-0.3, -0.25) is 4.79 Å². The first-order chi connectivity index (χ1) is 7.16. The first-order valence-electron chi connectivity index (χ1n) is 5.68. The van der Waals surface area contributed by atoms with E-state index in [0.29, 0.717) is 19.3 Å². The van der Waals surface area contributed by atoms with E-state index >= 15 is 0 Å². The zero-order valence-corrected chi connectivity index (χ0v) is 9.95. The van der Waals surface area contributed by atoms with Crippen molar-refractivity contribution in [2.75, 3.05) is 33.5 Å². The molecule has 0 aromatic rings. The molecule has 1 rings (SSSR count). The highest BCUT2D eigenvalue weighted by atomic mass is 16.5. The summed E-state index contributed by atoms with van der Waals surface area (Å²) < 4.78 is 5.43. The summed E-state index contributed by atoms with van der Waals surface area (Å²) in [5.41, 5.74) is 0. The highest BCUT2D eigenvalue weighted by Crippen LogP contribution is 2.20. The average Bonchev–Trinajstić information content (AvgIpc) is 2.37. The Labute approximate surface area is 92.0 Å². The van der Waals surface area contributed by atoms with E-state index in [-0.39, 0.29) is 11.8 Å². The smallest absolute Gasteiger partial charge is 0.227 e. The third-order valence-corrected chi connectivity index (χ3v) is 2.89. The van der Waals surface area contributed by atoms with Gasteiger partial charge in [-0.25, -0.2) is 0 Å². The highest BCUT2D eigenvalue weighted by Gasteiger charge is 2.28. The van der Waals surface area contributed by atoms with Crippen molar-refractivity contribution in [1.82, 2.24) is 10.2 Å². The first kappa shape index (κ1) is 12.5. The van der Waals surface area contributed by atoms with Gasteiger partial charge in [-0.2, -0.15) is 0 Å². The molecule has 1 unspecified atom stereocenters. The highest BCUT2D eigenvalue weighted by molar-refractivity contribution is 5.79. The van der Waals surface area contributed by atoms with Crippen LogP contribution in [0.2, 0.25) is 0 Å². The number of nitrogens with zero attached hydrogens (tertiary/aromatic N) is 1. The van der Waals surface area contributed by atoms with Gasteiger partial charge in [0.2, 0.25) is 5.91 Å². The summed E-state index contributed by atoms with van der Waals surface area (Å²) in [5, 5.41) is 3.05. The topological polar surface area (TPSA) is 41.6 Å². The van der Waals surface area contributed by atoms with Gasteiger partial charge in [0.15, 0.2) is 0 Å². The molecule has 0 radical (unpaired) electrons. The molecule has 0 spiro atoms. The molecule has 1 amide bonds. The van der Waals surface area contributed by atoms with Crippen molar-refractivity contribution in [3.8, 4) is 0 Å². The van der Waals surface area contributed by atoms with Crippen LogP contribution < -0.4 is 5.32 Å². The third kappa shape index (κ3) is 3.47. The zero-order chi connectivity index (χ0) is 11.3. The summed E-state index contributed by atoms with van der Waals surface area (Å²) in [4.78, 5) is 13.9. The Bertz CT molecular complexity index is 207. The number of carbonyl (C=O) groups is 1. The molecule has 15 heavy (non-hydrogen) atoms. The van der Waals surface area contributed by atoms with Crippen molar-refractivity contribution in [2.45, 2.75) is 20.3 Å². The normalized spacial score (nSPS) is 23.3. The molecule has 1 heterocycles. The van der Waals surface area contributed by atoms with E-state index in [1.54, 1.807) is 0 Å². The van der Waals surface area contributed by atoms with Crippen LogP contribution in [-0.2, 0) is 9.53 Å². The summed E-state index contributed by atoms with van der Waals surface area (Å²) in [6, 6.07) is 0. The SMILES string of the molecule is CNCCN1COCCC(C(C)C)C1=O. The molecule has 4 nitrogen and oxygen atoms in total. The Morgan fingerprint density at radius 1 is 1.60 bits per heavy atom. The maximum absolute atomic E-state index is 12.1. The summed E-state index contributed by atoms with van der Waals surface area (Å²) >= 11 is 0. The molecule has 0 saturated carbocycles. The fraction of sp³-hybridized carbons (Fsp3) is 0.909. The van der Waals surface area contributed by atoms with Crippen LogP contribution in [0, 0.1) is 11.8 Å². The van der Waals surface area contributed by atoms with Gasteiger partial charge in [-0.1, -0.05) is 13.8 Å². The minimum atomic E-state index is 0.129. The van der Waals surface area contributed by atoms with Gasteiger partial charge in [-0.15, -0.1) is 0 Å². The number of amides is 1. The van der Waals surface area contributed by atoms with Crippen molar-refractivity contribution in [3.05, 3.63) is 0 Å². The Hall–Kier alpha value is -0.610. The quantitative estimate of drug-likeness (QED) is 0.748. The zero-order valence-electron chi connectivity index (χ0n) is 9.95.